The van der Waals surface area contributed by atoms with Crippen LogP contribution in [-0.2, 0) is 11.3 Å². The van der Waals surface area contributed by atoms with Crippen LogP contribution in [0.15, 0.2) is 12.8 Å². The van der Waals surface area contributed by atoms with Crippen LogP contribution in [0.5, 0.6) is 0 Å². The zero-order valence-corrected chi connectivity index (χ0v) is 10.5. The van der Waals surface area contributed by atoms with Gasteiger partial charge in [-0.15, -0.1) is 0 Å². The second-order valence-electron chi connectivity index (χ2n) is 4.70. The molecule has 17 heavy (non-hydrogen) atoms. The second-order valence-corrected chi connectivity index (χ2v) is 4.70. The van der Waals surface area contributed by atoms with Gasteiger partial charge in [-0.1, -0.05) is 12.7 Å². The van der Waals surface area contributed by atoms with Crippen LogP contribution in [0, 0.1) is 0 Å². The monoisotopic (exact) mass is 237 g/mol. The first-order valence-corrected chi connectivity index (χ1v) is 5.38. The molecule has 1 aromatic heterocycles. The van der Waals surface area contributed by atoms with E-state index in [4.69, 9.17) is 10.5 Å². The van der Waals surface area contributed by atoms with E-state index in [-0.39, 0.29) is 0 Å². The largest absolute Gasteiger partial charge is 0.444 e. The summed E-state index contributed by atoms with van der Waals surface area (Å²) < 4.78 is 5.12. The molecular weight excluding hydrogens is 218 g/mol. The molecule has 0 fully saturated rings. The number of nitrogens with one attached hydrogen (secondary N) is 2. The highest BCUT2D eigenvalue weighted by Crippen LogP contribution is 2.17. The van der Waals surface area contributed by atoms with E-state index in [0.717, 1.165) is 11.1 Å². The van der Waals surface area contributed by atoms with Crippen molar-refractivity contribution in [2.45, 2.75) is 32.9 Å². The van der Waals surface area contributed by atoms with Gasteiger partial charge in [-0.05, 0) is 26.3 Å². The number of nitrogen functional groups attached to an aromatic ring is 1. The molecule has 0 aliphatic rings. The Hall–Kier alpha value is -1.91. The van der Waals surface area contributed by atoms with Gasteiger partial charge in [0.25, 0.3) is 0 Å². The van der Waals surface area contributed by atoms with Crippen LogP contribution in [0.2, 0.25) is 0 Å². The molecule has 0 aliphatic carbocycles. The standard InChI is InChI=1S/C12H19N3O2/c1-5-9-8(6-14-10(9)13)7-15-11(16)17-12(2,3)4/h5-6,14H,1,7,13H2,2-4H3,(H,15,16). The average Bonchev–Trinajstić information content (AvgIpc) is 2.53. The Kier molecular flexibility index (Phi) is 3.83. The van der Waals surface area contributed by atoms with Gasteiger partial charge in [0, 0.05) is 18.3 Å². The molecule has 1 amide bonds. The van der Waals surface area contributed by atoms with Crippen molar-refractivity contribution in [1.82, 2.24) is 10.3 Å². The smallest absolute Gasteiger partial charge is 0.407 e. The molecule has 0 aliphatic heterocycles. The van der Waals surface area contributed by atoms with E-state index in [2.05, 4.69) is 16.9 Å². The maximum Gasteiger partial charge on any atom is 0.407 e. The van der Waals surface area contributed by atoms with E-state index >= 15 is 0 Å². The molecule has 5 nitrogen and oxygen atoms in total. The molecule has 0 atom stereocenters. The zero-order chi connectivity index (χ0) is 13.1. The van der Waals surface area contributed by atoms with Gasteiger partial charge in [-0.3, -0.25) is 0 Å². The summed E-state index contributed by atoms with van der Waals surface area (Å²) in [4.78, 5) is 14.3. The van der Waals surface area contributed by atoms with E-state index in [9.17, 15) is 4.79 Å². The number of carbonyl (C=O) groups excluding carboxylic acids is 1. The Morgan fingerprint density at radius 1 is 1.65 bits per heavy atom. The van der Waals surface area contributed by atoms with E-state index < -0.39 is 11.7 Å². The molecule has 94 valence electrons. The van der Waals surface area contributed by atoms with Gasteiger partial charge in [-0.25, -0.2) is 4.79 Å². The van der Waals surface area contributed by atoms with Crippen molar-refractivity contribution in [2.24, 2.45) is 0 Å². The molecule has 4 N–H and O–H groups in total. The van der Waals surface area contributed by atoms with Gasteiger partial charge >= 0.3 is 6.09 Å². The average molecular weight is 237 g/mol. The van der Waals surface area contributed by atoms with Crippen molar-refractivity contribution in [1.29, 1.82) is 0 Å². The van der Waals surface area contributed by atoms with Crippen LogP contribution in [0.3, 0.4) is 0 Å². The quantitative estimate of drug-likeness (QED) is 0.754. The maximum atomic E-state index is 11.4. The number of carbonyl (C=O) groups is 1. The lowest BCUT2D eigenvalue weighted by atomic mass is 10.2. The number of aromatic amines is 1. The first-order chi connectivity index (χ1) is 7.83. The van der Waals surface area contributed by atoms with Gasteiger partial charge in [0.1, 0.15) is 11.4 Å². The van der Waals surface area contributed by atoms with Crippen LogP contribution >= 0.6 is 0 Å². The number of hydrogen-bond donors (Lipinski definition) is 3. The molecule has 1 heterocycles. The molecule has 0 spiro atoms. The number of aromatic nitrogens is 1. The summed E-state index contributed by atoms with van der Waals surface area (Å²) in [6.07, 6.45) is 2.94. The summed E-state index contributed by atoms with van der Waals surface area (Å²) in [5.41, 5.74) is 6.88. The third-order valence-corrected chi connectivity index (χ3v) is 2.06. The molecular formula is C12H19N3O2. The minimum Gasteiger partial charge on any atom is -0.444 e. The lowest BCUT2D eigenvalue weighted by Gasteiger charge is -2.19. The molecule has 0 saturated carbocycles. The molecule has 0 unspecified atom stereocenters. The summed E-state index contributed by atoms with van der Waals surface area (Å²) in [5, 5.41) is 2.66. The Bertz CT molecular complexity index is 416. The molecule has 5 heteroatoms. The zero-order valence-electron chi connectivity index (χ0n) is 10.5. The minimum atomic E-state index is -0.497. The third-order valence-electron chi connectivity index (χ3n) is 2.06. The normalized spacial score (nSPS) is 11.0. The molecule has 1 aromatic rings. The van der Waals surface area contributed by atoms with Gasteiger partial charge in [0.05, 0.1) is 0 Å². The van der Waals surface area contributed by atoms with Crippen molar-refractivity contribution in [3.05, 3.63) is 23.9 Å². The van der Waals surface area contributed by atoms with E-state index in [0.29, 0.717) is 12.4 Å². The fraction of sp³-hybridized carbons (Fsp3) is 0.417. The van der Waals surface area contributed by atoms with E-state index in [1.165, 1.54) is 0 Å². The Morgan fingerprint density at radius 2 is 2.29 bits per heavy atom. The summed E-state index contributed by atoms with van der Waals surface area (Å²) in [6, 6.07) is 0. The topological polar surface area (TPSA) is 80.1 Å². The highest BCUT2D eigenvalue weighted by molar-refractivity contribution is 5.69. The Labute approximate surface area is 101 Å². The summed E-state index contributed by atoms with van der Waals surface area (Å²) >= 11 is 0. The van der Waals surface area contributed by atoms with Gasteiger partial charge in [-0.2, -0.15) is 0 Å². The highest BCUT2D eigenvalue weighted by atomic mass is 16.6. The number of amides is 1. The number of nitrogens with two attached hydrogens (primary N) is 1. The van der Waals surface area contributed by atoms with Gasteiger partial charge in [0.15, 0.2) is 0 Å². The summed E-state index contributed by atoms with van der Waals surface area (Å²) in [6.45, 7) is 9.46. The van der Waals surface area contributed by atoms with Gasteiger partial charge < -0.3 is 20.8 Å². The molecule has 0 radical (unpaired) electrons. The Balaban J connectivity index is 2.56. The maximum absolute atomic E-state index is 11.4. The van der Waals surface area contributed by atoms with E-state index in [1.807, 2.05) is 20.8 Å². The fourth-order valence-electron chi connectivity index (χ4n) is 1.36. The first kappa shape index (κ1) is 13.2. The number of hydrogen-bond acceptors (Lipinski definition) is 3. The predicted molar refractivity (Wildman–Crippen MR) is 68.4 cm³/mol. The number of anilines is 1. The summed E-state index contributed by atoms with van der Waals surface area (Å²) in [7, 11) is 0. The molecule has 1 rings (SSSR count). The van der Waals surface area contributed by atoms with Crippen molar-refractivity contribution >= 4 is 18.0 Å². The highest BCUT2D eigenvalue weighted by Gasteiger charge is 2.16. The van der Waals surface area contributed by atoms with E-state index in [1.54, 1.807) is 12.3 Å². The lowest BCUT2D eigenvalue weighted by Crippen LogP contribution is -2.32. The van der Waals surface area contributed by atoms with Crippen molar-refractivity contribution in [3.8, 4) is 0 Å². The predicted octanol–water partition coefficient (Wildman–Crippen LogP) is 2.26. The Morgan fingerprint density at radius 3 is 2.82 bits per heavy atom. The molecule has 0 bridgehead atoms. The van der Waals surface area contributed by atoms with Crippen LogP contribution in [0.1, 0.15) is 31.9 Å². The SMILES string of the molecule is C=Cc1c(CNC(=O)OC(C)(C)C)c[nH]c1N. The summed E-state index contributed by atoms with van der Waals surface area (Å²) in [5.74, 6) is 0.543. The second kappa shape index (κ2) is 4.95. The third kappa shape index (κ3) is 3.86. The van der Waals surface area contributed by atoms with Crippen LogP contribution in [0.4, 0.5) is 10.6 Å². The van der Waals surface area contributed by atoms with Crippen molar-refractivity contribution in [3.63, 3.8) is 0 Å². The minimum absolute atomic E-state index is 0.351. The van der Waals surface area contributed by atoms with Crippen molar-refractivity contribution in [2.75, 3.05) is 5.73 Å². The molecule has 0 saturated heterocycles. The number of rotatable bonds is 3. The van der Waals surface area contributed by atoms with Crippen molar-refractivity contribution < 1.29 is 9.53 Å². The fourth-order valence-corrected chi connectivity index (χ4v) is 1.36. The van der Waals surface area contributed by atoms with Crippen LogP contribution < -0.4 is 11.1 Å². The van der Waals surface area contributed by atoms with Crippen LogP contribution in [0.25, 0.3) is 6.08 Å². The first-order valence-electron chi connectivity index (χ1n) is 5.38. The van der Waals surface area contributed by atoms with Gasteiger partial charge in [0.2, 0.25) is 0 Å². The molecule has 0 aromatic carbocycles. The number of H-pyrrole nitrogens is 1. The lowest BCUT2D eigenvalue weighted by molar-refractivity contribution is 0.0523. The number of ether oxygens (including phenoxy) is 1. The number of alkyl carbamates (subject to hydrolysis) is 1. The van der Waals surface area contributed by atoms with Crippen LogP contribution in [-0.4, -0.2) is 16.7 Å².